The van der Waals surface area contributed by atoms with E-state index in [-0.39, 0.29) is 5.56 Å². The number of rotatable bonds is 2. The van der Waals surface area contributed by atoms with Crippen molar-refractivity contribution in [3.05, 3.63) is 87.5 Å². The predicted molar refractivity (Wildman–Crippen MR) is 115 cm³/mol. The van der Waals surface area contributed by atoms with E-state index in [2.05, 4.69) is 4.99 Å². The Hall–Kier alpha value is -3.51. The molecular formula is C23H16N2O3S. The van der Waals surface area contributed by atoms with Crippen molar-refractivity contribution in [3.8, 4) is 0 Å². The number of hydrogen-bond acceptors (Lipinski definition) is 4. The van der Waals surface area contributed by atoms with Crippen LogP contribution in [0.15, 0.2) is 80.9 Å². The molecule has 0 spiro atoms. The molecule has 29 heavy (non-hydrogen) atoms. The zero-order valence-corrected chi connectivity index (χ0v) is 16.4. The van der Waals surface area contributed by atoms with Crippen molar-refractivity contribution in [2.75, 3.05) is 0 Å². The molecule has 0 atom stereocenters. The van der Waals surface area contributed by atoms with Gasteiger partial charge in [-0.15, -0.1) is 0 Å². The number of thiazole rings is 1. The molecule has 2 aromatic heterocycles. The Balaban J connectivity index is 1.72. The zero-order chi connectivity index (χ0) is 20.0. The number of fused-ring (bicyclic) bond motifs is 4. The van der Waals surface area contributed by atoms with E-state index in [1.165, 1.54) is 11.3 Å². The first-order valence-electron chi connectivity index (χ1n) is 9.29. The SMILES string of the molecule is CCn1c(=NC(=O)c2cc3c(ccc4ccccc43)oc2=O)sc2ccccc21. The second-order valence-corrected chi connectivity index (χ2v) is 7.67. The summed E-state index contributed by atoms with van der Waals surface area (Å²) in [5.74, 6) is -0.595. The van der Waals surface area contributed by atoms with Gasteiger partial charge in [0.1, 0.15) is 11.1 Å². The maximum Gasteiger partial charge on any atom is 0.349 e. The molecule has 6 heteroatoms. The van der Waals surface area contributed by atoms with Gasteiger partial charge in [-0.1, -0.05) is 53.8 Å². The predicted octanol–water partition coefficient (Wildman–Crippen LogP) is 4.72. The molecule has 0 fully saturated rings. The molecule has 1 amide bonds. The van der Waals surface area contributed by atoms with E-state index in [1.54, 1.807) is 12.1 Å². The maximum atomic E-state index is 12.9. The first-order chi connectivity index (χ1) is 14.2. The molecule has 0 aliphatic carbocycles. The summed E-state index contributed by atoms with van der Waals surface area (Å²) in [5.41, 5.74) is 0.735. The van der Waals surface area contributed by atoms with E-state index < -0.39 is 11.5 Å². The van der Waals surface area contributed by atoms with Crippen molar-refractivity contribution in [2.45, 2.75) is 13.5 Å². The number of amides is 1. The summed E-state index contributed by atoms with van der Waals surface area (Å²) in [6.07, 6.45) is 0. The summed E-state index contributed by atoms with van der Waals surface area (Å²) in [6, 6.07) is 20.9. The van der Waals surface area contributed by atoms with Gasteiger partial charge in [-0.25, -0.2) is 4.79 Å². The molecule has 2 heterocycles. The number of nitrogens with zero attached hydrogens (tertiary/aromatic N) is 2. The molecule has 5 aromatic rings. The maximum absolute atomic E-state index is 12.9. The molecule has 0 N–H and O–H groups in total. The normalized spacial score (nSPS) is 12.2. The molecule has 0 aliphatic rings. The van der Waals surface area contributed by atoms with Gasteiger partial charge in [0.05, 0.1) is 10.2 Å². The van der Waals surface area contributed by atoms with E-state index in [0.717, 1.165) is 26.4 Å². The van der Waals surface area contributed by atoms with Crippen molar-refractivity contribution in [1.82, 2.24) is 4.57 Å². The highest BCUT2D eigenvalue weighted by molar-refractivity contribution is 7.16. The topological polar surface area (TPSA) is 64.6 Å². The Kier molecular flexibility index (Phi) is 4.14. The van der Waals surface area contributed by atoms with Crippen molar-refractivity contribution in [1.29, 1.82) is 0 Å². The third-order valence-electron chi connectivity index (χ3n) is 4.97. The van der Waals surface area contributed by atoms with Crippen LogP contribution in [0.3, 0.4) is 0 Å². The Bertz CT molecular complexity index is 1540. The van der Waals surface area contributed by atoms with Crippen LogP contribution in [0.1, 0.15) is 17.3 Å². The first kappa shape index (κ1) is 17.6. The fraction of sp³-hybridized carbons (Fsp3) is 0.0870. The number of para-hydroxylation sites is 1. The monoisotopic (exact) mass is 400 g/mol. The lowest BCUT2D eigenvalue weighted by Crippen LogP contribution is -2.19. The van der Waals surface area contributed by atoms with Gasteiger partial charge in [0, 0.05) is 11.9 Å². The van der Waals surface area contributed by atoms with Crippen LogP contribution >= 0.6 is 11.3 Å². The van der Waals surface area contributed by atoms with Gasteiger partial charge in [-0.2, -0.15) is 4.99 Å². The second-order valence-electron chi connectivity index (χ2n) is 6.66. The summed E-state index contributed by atoms with van der Waals surface area (Å²) >= 11 is 1.43. The molecule has 5 rings (SSSR count). The zero-order valence-electron chi connectivity index (χ0n) is 15.6. The number of aromatic nitrogens is 1. The highest BCUT2D eigenvalue weighted by Crippen LogP contribution is 2.25. The molecule has 0 aliphatic heterocycles. The average molecular weight is 400 g/mol. The van der Waals surface area contributed by atoms with E-state index in [9.17, 15) is 9.59 Å². The molecule has 142 valence electrons. The minimum atomic E-state index is -0.675. The van der Waals surface area contributed by atoms with Crippen LogP contribution in [0.25, 0.3) is 32.0 Å². The van der Waals surface area contributed by atoms with Gasteiger partial charge in [0.25, 0.3) is 5.91 Å². The minimum Gasteiger partial charge on any atom is -0.422 e. The molecule has 0 bridgehead atoms. The highest BCUT2D eigenvalue weighted by atomic mass is 32.1. The van der Waals surface area contributed by atoms with Gasteiger partial charge < -0.3 is 8.98 Å². The number of carbonyl (C=O) groups is 1. The van der Waals surface area contributed by atoms with Crippen LogP contribution in [0.4, 0.5) is 0 Å². The minimum absolute atomic E-state index is 0.0611. The lowest BCUT2D eigenvalue weighted by Gasteiger charge is -2.04. The number of hydrogen-bond donors (Lipinski definition) is 0. The van der Waals surface area contributed by atoms with Gasteiger partial charge in [0.2, 0.25) is 0 Å². The van der Waals surface area contributed by atoms with Crippen LogP contribution < -0.4 is 10.4 Å². The molecule has 0 radical (unpaired) electrons. The fourth-order valence-corrected chi connectivity index (χ4v) is 4.67. The lowest BCUT2D eigenvalue weighted by molar-refractivity contribution is 0.0994. The Labute approximate surface area is 169 Å². The van der Waals surface area contributed by atoms with E-state index in [0.29, 0.717) is 16.9 Å². The number of carbonyl (C=O) groups excluding carboxylic acids is 1. The van der Waals surface area contributed by atoms with E-state index >= 15 is 0 Å². The third kappa shape index (κ3) is 2.89. The Morgan fingerprint density at radius 2 is 1.83 bits per heavy atom. The summed E-state index contributed by atoms with van der Waals surface area (Å²) in [7, 11) is 0. The van der Waals surface area contributed by atoms with Crippen molar-refractivity contribution in [2.24, 2.45) is 4.99 Å². The van der Waals surface area contributed by atoms with E-state index in [4.69, 9.17) is 4.42 Å². The van der Waals surface area contributed by atoms with Crippen LogP contribution in [0.5, 0.6) is 0 Å². The third-order valence-corrected chi connectivity index (χ3v) is 6.03. The van der Waals surface area contributed by atoms with E-state index in [1.807, 2.05) is 66.1 Å². The molecule has 3 aromatic carbocycles. The first-order valence-corrected chi connectivity index (χ1v) is 10.1. The lowest BCUT2D eigenvalue weighted by atomic mass is 10.0. The molecule has 0 saturated heterocycles. The molecule has 0 saturated carbocycles. The Morgan fingerprint density at radius 1 is 1.03 bits per heavy atom. The van der Waals surface area contributed by atoms with Gasteiger partial charge >= 0.3 is 5.63 Å². The fourth-order valence-electron chi connectivity index (χ4n) is 3.58. The summed E-state index contributed by atoms with van der Waals surface area (Å²) in [5, 5.41) is 2.66. The Morgan fingerprint density at radius 3 is 2.69 bits per heavy atom. The smallest absolute Gasteiger partial charge is 0.349 e. The number of benzene rings is 3. The van der Waals surface area contributed by atoms with Gasteiger partial charge in [0.15, 0.2) is 4.80 Å². The van der Waals surface area contributed by atoms with Gasteiger partial charge in [-0.3, -0.25) is 4.79 Å². The standard InChI is InChI=1S/C23H16N2O3S/c1-2-25-18-9-5-6-10-20(18)29-23(25)24-21(26)17-13-16-15-8-4-3-7-14(15)11-12-19(16)28-22(17)27/h3-13H,2H2,1H3. The van der Waals surface area contributed by atoms with Gasteiger partial charge in [-0.05, 0) is 42.0 Å². The van der Waals surface area contributed by atoms with Crippen molar-refractivity contribution >= 4 is 49.2 Å². The van der Waals surface area contributed by atoms with Crippen molar-refractivity contribution in [3.63, 3.8) is 0 Å². The average Bonchev–Trinajstić information content (AvgIpc) is 3.09. The van der Waals surface area contributed by atoms with Crippen LogP contribution in [0.2, 0.25) is 0 Å². The molecular weight excluding hydrogens is 384 g/mol. The summed E-state index contributed by atoms with van der Waals surface area (Å²) in [4.78, 5) is 30.2. The second kappa shape index (κ2) is 6.83. The van der Waals surface area contributed by atoms with Crippen LogP contribution in [-0.2, 0) is 6.54 Å². The van der Waals surface area contributed by atoms with Crippen LogP contribution in [-0.4, -0.2) is 10.5 Å². The van der Waals surface area contributed by atoms with Crippen LogP contribution in [0, 0.1) is 0 Å². The largest absolute Gasteiger partial charge is 0.422 e. The number of aryl methyl sites for hydroxylation is 1. The molecule has 0 unspecified atom stereocenters. The summed E-state index contributed by atoms with van der Waals surface area (Å²) < 4.78 is 8.44. The van der Waals surface area contributed by atoms with Crippen molar-refractivity contribution < 1.29 is 9.21 Å². The quantitative estimate of drug-likeness (QED) is 0.318. The molecule has 5 nitrogen and oxygen atoms in total. The highest BCUT2D eigenvalue weighted by Gasteiger charge is 2.15. The summed E-state index contributed by atoms with van der Waals surface area (Å²) in [6.45, 7) is 2.67.